The maximum atomic E-state index is 14.5. The van der Waals surface area contributed by atoms with Crippen LogP contribution in [0.4, 0.5) is 19.0 Å². The number of nitrogens with one attached hydrogen (secondary N) is 1. The van der Waals surface area contributed by atoms with Gasteiger partial charge < -0.3 is 24.4 Å². The van der Waals surface area contributed by atoms with Crippen LogP contribution in [0.15, 0.2) is 42.7 Å². The maximum Gasteiger partial charge on any atom is 0.433 e. The molecule has 0 radical (unpaired) electrons. The molecule has 54 heavy (non-hydrogen) atoms. The minimum absolute atomic E-state index is 0.200. The van der Waals surface area contributed by atoms with E-state index in [1.54, 1.807) is 38.2 Å². The molecular weight excluding hydrogens is 707 g/mol. The summed E-state index contributed by atoms with van der Waals surface area (Å²) in [6.45, 7) is 3.40. The van der Waals surface area contributed by atoms with Crippen LogP contribution in [-0.4, -0.2) is 99.0 Å². The van der Waals surface area contributed by atoms with Crippen molar-refractivity contribution in [3.8, 4) is 11.1 Å². The minimum atomic E-state index is -4.71. The molecule has 2 amide bonds. The molecule has 286 valence electrons. The third kappa shape index (κ3) is 7.33. The molecule has 3 aromatic heterocycles. The number of aryl methyl sites for hydroxylation is 2. The fourth-order valence-corrected chi connectivity index (χ4v) is 8.00. The largest absolute Gasteiger partial charge is 0.433 e. The van der Waals surface area contributed by atoms with Crippen LogP contribution in [0.1, 0.15) is 66.6 Å². The number of nitrogens with zero attached hydrogens (tertiary/aromatic N) is 6. The molecule has 2 fully saturated rings. The first-order valence-electron chi connectivity index (χ1n) is 17.9. The Morgan fingerprint density at radius 3 is 2.50 bits per heavy atom. The van der Waals surface area contributed by atoms with Gasteiger partial charge in [-0.3, -0.25) is 19.1 Å². The summed E-state index contributed by atoms with van der Waals surface area (Å²) in [6.07, 6.45) is 1.72. The first-order chi connectivity index (χ1) is 25.8. The third-order valence-corrected chi connectivity index (χ3v) is 10.8. The zero-order valence-electron chi connectivity index (χ0n) is 30.5. The Morgan fingerprint density at radius 2 is 1.80 bits per heavy atom. The first-order valence-corrected chi connectivity index (χ1v) is 17.9. The molecule has 5 atom stereocenters. The molecule has 1 aliphatic carbocycles. The highest BCUT2D eigenvalue weighted by Gasteiger charge is 2.67. The molecule has 1 aromatic carbocycles. The molecule has 1 N–H and O–H groups in total. The van der Waals surface area contributed by atoms with Gasteiger partial charge in [0.2, 0.25) is 11.8 Å². The van der Waals surface area contributed by atoms with Gasteiger partial charge in [0.25, 0.3) is 0 Å². The van der Waals surface area contributed by atoms with Gasteiger partial charge >= 0.3 is 6.18 Å². The van der Waals surface area contributed by atoms with Crippen LogP contribution in [0.3, 0.4) is 0 Å². The van der Waals surface area contributed by atoms with Crippen LogP contribution in [0.2, 0.25) is 0 Å². The number of hydrogen-bond acceptors (Lipinski definition) is 10. The van der Waals surface area contributed by atoms with Crippen LogP contribution in [-0.2, 0) is 42.9 Å². The number of ether oxygens (including phenoxy) is 3. The summed E-state index contributed by atoms with van der Waals surface area (Å²) < 4.78 is 59.7. The summed E-state index contributed by atoms with van der Waals surface area (Å²) in [5.41, 5.74) is 1.55. The number of alkyl halides is 3. The molecule has 7 rings (SSSR count). The van der Waals surface area contributed by atoms with Crippen molar-refractivity contribution in [3.63, 3.8) is 0 Å². The average Bonchev–Trinajstić information content (AvgIpc) is 3.54. The van der Waals surface area contributed by atoms with E-state index in [0.29, 0.717) is 36.0 Å². The average molecular weight is 750 g/mol. The van der Waals surface area contributed by atoms with Gasteiger partial charge in [-0.25, -0.2) is 15.0 Å². The van der Waals surface area contributed by atoms with Gasteiger partial charge in [0, 0.05) is 55.9 Å². The fourth-order valence-electron chi connectivity index (χ4n) is 8.00. The summed E-state index contributed by atoms with van der Waals surface area (Å²) in [6, 6.07) is 5.73. The van der Waals surface area contributed by atoms with Crippen molar-refractivity contribution >= 4 is 34.3 Å². The molecule has 2 unspecified atom stereocenters. The summed E-state index contributed by atoms with van der Waals surface area (Å²) in [7, 11) is 3.24. The number of benzene rings is 1. The van der Waals surface area contributed by atoms with Crippen LogP contribution >= 0.6 is 0 Å². The predicted octanol–water partition coefficient (Wildman–Crippen LogP) is 5.19. The summed E-state index contributed by atoms with van der Waals surface area (Å²) in [4.78, 5) is 55.2. The summed E-state index contributed by atoms with van der Waals surface area (Å²) in [5.74, 6) is -1.02. The Morgan fingerprint density at radius 1 is 1.04 bits per heavy atom. The lowest BCUT2D eigenvalue weighted by Gasteiger charge is -2.27. The summed E-state index contributed by atoms with van der Waals surface area (Å²) >= 11 is 0. The number of halogens is 3. The van der Waals surface area contributed by atoms with Crippen molar-refractivity contribution in [2.24, 2.45) is 5.41 Å². The SMILES string of the molecule is COC1CCCCc2cc(-c3cnc(C)nc3)cc3c(C(C)=O)nn(c23)CC(=O)N2[C@H](C(=O)Nc3cccc(C(F)(F)F)n3)C[C@@]3(COCC1OC)C[C@@H]23. The van der Waals surface area contributed by atoms with Crippen molar-refractivity contribution in [1.82, 2.24) is 29.6 Å². The van der Waals surface area contributed by atoms with E-state index in [0.717, 1.165) is 41.7 Å². The van der Waals surface area contributed by atoms with Gasteiger partial charge in [0.15, 0.2) is 5.78 Å². The number of amides is 2. The molecule has 3 aliphatic rings. The highest BCUT2D eigenvalue weighted by molar-refractivity contribution is 6.07. The number of hydrogen-bond donors (Lipinski definition) is 1. The van der Waals surface area contributed by atoms with Crippen LogP contribution in [0.5, 0.6) is 0 Å². The van der Waals surface area contributed by atoms with Gasteiger partial charge in [0.1, 0.15) is 41.7 Å². The van der Waals surface area contributed by atoms with E-state index in [4.69, 9.17) is 14.2 Å². The molecule has 4 aromatic rings. The maximum absolute atomic E-state index is 14.5. The number of carbonyl (C=O) groups excluding carboxylic acids is 3. The van der Waals surface area contributed by atoms with Crippen LogP contribution in [0.25, 0.3) is 22.0 Å². The lowest BCUT2D eigenvalue weighted by atomic mass is 9.96. The van der Waals surface area contributed by atoms with Gasteiger partial charge in [-0.05, 0) is 74.4 Å². The Labute approximate surface area is 309 Å². The molecule has 1 saturated carbocycles. The predicted molar refractivity (Wildman–Crippen MR) is 189 cm³/mol. The quantitative estimate of drug-likeness (QED) is 0.261. The van der Waals surface area contributed by atoms with Gasteiger partial charge in [-0.15, -0.1) is 0 Å². The van der Waals surface area contributed by atoms with Crippen molar-refractivity contribution < 1.29 is 41.8 Å². The standard InChI is InChI=1S/C38H42F3N7O6/c1-21(49)34-26-13-24(25-16-42-22(2)43-17-25)12-23-8-5-6-9-28(52-3)29(53-4)19-54-20-37-14-27(36(51)45-32-11-7-10-30(44-32)38(39,40)41)48(31(37)15-37)33(50)18-47(46-34)35(23)26/h7,10-13,16-17,27-29,31H,5-6,8-9,14-15,18-20H2,1-4H3,(H,44,45,51)/t27-,28?,29?,31+,37-/m0/s1. The smallest absolute Gasteiger partial charge is 0.379 e. The van der Waals surface area contributed by atoms with Crippen LogP contribution < -0.4 is 5.32 Å². The zero-order valence-corrected chi connectivity index (χ0v) is 30.5. The number of methoxy groups -OCH3 is 2. The van der Waals surface area contributed by atoms with Crippen molar-refractivity contribution in [1.29, 1.82) is 0 Å². The second kappa shape index (κ2) is 14.8. The van der Waals surface area contributed by atoms with E-state index in [2.05, 4.69) is 25.4 Å². The van der Waals surface area contributed by atoms with E-state index in [9.17, 15) is 27.6 Å². The fraction of sp³-hybridized carbons (Fsp3) is 0.500. The van der Waals surface area contributed by atoms with Gasteiger partial charge in [-0.1, -0.05) is 12.5 Å². The number of aromatic nitrogens is 5. The van der Waals surface area contributed by atoms with E-state index in [1.165, 1.54) is 17.9 Å². The lowest BCUT2D eigenvalue weighted by Crippen LogP contribution is -2.46. The van der Waals surface area contributed by atoms with Crippen molar-refractivity contribution in [3.05, 3.63) is 65.5 Å². The lowest BCUT2D eigenvalue weighted by molar-refractivity contribution is -0.141. The third-order valence-electron chi connectivity index (χ3n) is 10.8. The van der Waals surface area contributed by atoms with Crippen molar-refractivity contribution in [2.45, 2.75) is 89.4 Å². The van der Waals surface area contributed by atoms with Crippen LogP contribution in [0, 0.1) is 12.3 Å². The van der Waals surface area contributed by atoms with E-state index < -0.39 is 35.1 Å². The summed E-state index contributed by atoms with van der Waals surface area (Å²) in [5, 5.41) is 7.78. The highest BCUT2D eigenvalue weighted by Crippen LogP contribution is 2.60. The normalized spacial score (nSPS) is 24.9. The molecule has 16 heteroatoms. The Kier molecular flexibility index (Phi) is 10.3. The van der Waals surface area contributed by atoms with E-state index >= 15 is 0 Å². The van der Waals surface area contributed by atoms with E-state index in [1.807, 2.05) is 12.1 Å². The van der Waals surface area contributed by atoms with Gasteiger partial charge in [-0.2, -0.15) is 18.3 Å². The molecule has 1 saturated heterocycles. The number of anilines is 1. The molecule has 0 spiro atoms. The number of carbonyl (C=O) groups is 3. The molecule has 2 aliphatic heterocycles. The number of pyridine rings is 1. The number of ketones is 1. The van der Waals surface area contributed by atoms with Crippen molar-refractivity contribution in [2.75, 3.05) is 32.8 Å². The Hall–Kier alpha value is -4.80. The first kappa shape index (κ1) is 37.5. The molecule has 2 bridgehead atoms. The second-order valence-corrected chi connectivity index (χ2v) is 14.4. The second-order valence-electron chi connectivity index (χ2n) is 14.4. The van der Waals surface area contributed by atoms with Gasteiger partial charge in [0.05, 0.1) is 24.8 Å². The minimum Gasteiger partial charge on any atom is -0.379 e. The molecule has 5 heterocycles. The Balaban J connectivity index is 1.29. The molecular formula is C38H42F3N7O6. The number of rotatable bonds is 6. The molecule has 13 nitrogen and oxygen atoms in total. The number of piperidine rings is 1. The Bertz CT molecular complexity index is 2070. The van der Waals surface area contributed by atoms with E-state index in [-0.39, 0.29) is 61.7 Å². The highest BCUT2D eigenvalue weighted by atomic mass is 19.4. The zero-order chi connectivity index (χ0) is 38.4. The monoisotopic (exact) mass is 749 g/mol. The number of Topliss-reactive ketones (excluding diaryl/α,β-unsaturated/α-hetero) is 1. The topological polar surface area (TPSA) is 151 Å².